The van der Waals surface area contributed by atoms with Crippen molar-refractivity contribution in [3.8, 4) is 5.75 Å². The monoisotopic (exact) mass is 341 g/mol. The van der Waals surface area contributed by atoms with Crippen molar-refractivity contribution in [2.45, 2.75) is 30.8 Å². The molecule has 0 saturated carbocycles. The van der Waals surface area contributed by atoms with Crippen LogP contribution in [0, 0.1) is 0 Å². The van der Waals surface area contributed by atoms with Gasteiger partial charge in [-0.3, -0.25) is 4.79 Å². The number of hydrogen-bond acceptors (Lipinski definition) is 5. The third kappa shape index (κ3) is 3.49. The van der Waals surface area contributed by atoms with Gasteiger partial charge >= 0.3 is 0 Å². The first-order chi connectivity index (χ1) is 10.8. The predicted octanol–water partition coefficient (Wildman–Crippen LogP) is 0.426. The number of methoxy groups -OCH3 is 1. The Morgan fingerprint density at radius 3 is 2.70 bits per heavy atom. The molecule has 1 saturated heterocycles. The molecule has 8 heteroatoms. The summed E-state index contributed by atoms with van der Waals surface area (Å²) in [7, 11) is -0.993. The van der Waals surface area contributed by atoms with Gasteiger partial charge in [-0.2, -0.15) is 0 Å². The van der Waals surface area contributed by atoms with Crippen LogP contribution in [-0.2, 0) is 10.0 Å². The molecule has 23 heavy (non-hydrogen) atoms. The molecule has 1 aromatic rings. The Balaban J connectivity index is 2.40. The Morgan fingerprint density at radius 1 is 1.39 bits per heavy atom. The summed E-state index contributed by atoms with van der Waals surface area (Å²) in [6.07, 6.45) is 0. The molecule has 1 heterocycles. The van der Waals surface area contributed by atoms with Crippen molar-refractivity contribution in [3.63, 3.8) is 0 Å². The van der Waals surface area contributed by atoms with E-state index in [9.17, 15) is 13.2 Å². The SMILES string of the molecule is CNS(=O)(=O)c1cc(C(=O)N2CCNC(C)C2C)ccc1OC. The van der Waals surface area contributed by atoms with Crippen molar-refractivity contribution in [2.75, 3.05) is 27.2 Å². The third-order valence-corrected chi connectivity index (χ3v) is 5.70. The molecule has 2 atom stereocenters. The van der Waals surface area contributed by atoms with Crippen molar-refractivity contribution in [2.24, 2.45) is 0 Å². The van der Waals surface area contributed by atoms with Crippen molar-refractivity contribution in [3.05, 3.63) is 23.8 Å². The van der Waals surface area contributed by atoms with Crippen LogP contribution in [0.15, 0.2) is 23.1 Å². The number of carbonyl (C=O) groups excluding carboxylic acids is 1. The summed E-state index contributed by atoms with van der Waals surface area (Å²) in [4.78, 5) is 14.5. The van der Waals surface area contributed by atoms with Gasteiger partial charge in [0.05, 0.1) is 7.11 Å². The zero-order valence-electron chi connectivity index (χ0n) is 13.8. The summed E-state index contributed by atoms with van der Waals surface area (Å²) in [5.74, 6) is 0.0266. The number of nitrogens with one attached hydrogen (secondary N) is 2. The molecule has 2 N–H and O–H groups in total. The normalized spacial score (nSPS) is 22.0. The van der Waals surface area contributed by atoms with Crippen molar-refractivity contribution < 1.29 is 17.9 Å². The van der Waals surface area contributed by atoms with E-state index in [0.717, 1.165) is 6.54 Å². The number of amides is 1. The molecule has 1 amide bonds. The van der Waals surface area contributed by atoms with Gasteiger partial charge in [-0.05, 0) is 39.1 Å². The molecule has 1 aromatic carbocycles. The van der Waals surface area contributed by atoms with Gasteiger partial charge in [0.25, 0.3) is 5.91 Å². The smallest absolute Gasteiger partial charge is 0.254 e. The van der Waals surface area contributed by atoms with Gasteiger partial charge in [0.2, 0.25) is 10.0 Å². The molecule has 128 valence electrons. The number of rotatable bonds is 4. The molecular formula is C15H23N3O4S. The highest BCUT2D eigenvalue weighted by Crippen LogP contribution is 2.26. The first kappa shape index (κ1) is 17.7. The van der Waals surface area contributed by atoms with Crippen LogP contribution in [0.1, 0.15) is 24.2 Å². The second kappa shape index (κ2) is 6.86. The maximum Gasteiger partial charge on any atom is 0.254 e. The van der Waals surface area contributed by atoms with Crippen LogP contribution in [0.5, 0.6) is 5.75 Å². The third-order valence-electron chi connectivity index (χ3n) is 4.26. The number of nitrogens with zero attached hydrogens (tertiary/aromatic N) is 1. The zero-order chi connectivity index (χ0) is 17.2. The molecule has 2 rings (SSSR count). The highest BCUT2D eigenvalue weighted by Gasteiger charge is 2.30. The van der Waals surface area contributed by atoms with Crippen LogP contribution in [0.2, 0.25) is 0 Å². The van der Waals surface area contributed by atoms with Gasteiger partial charge in [-0.15, -0.1) is 0 Å². The second-order valence-corrected chi connectivity index (χ2v) is 7.41. The lowest BCUT2D eigenvalue weighted by atomic mass is 10.1. The van der Waals surface area contributed by atoms with E-state index in [1.54, 1.807) is 11.0 Å². The Morgan fingerprint density at radius 2 is 2.09 bits per heavy atom. The van der Waals surface area contributed by atoms with Gasteiger partial charge < -0.3 is 15.0 Å². The summed E-state index contributed by atoms with van der Waals surface area (Å²) >= 11 is 0. The van der Waals surface area contributed by atoms with E-state index >= 15 is 0 Å². The number of hydrogen-bond donors (Lipinski definition) is 2. The molecule has 0 bridgehead atoms. The first-order valence-electron chi connectivity index (χ1n) is 7.47. The minimum Gasteiger partial charge on any atom is -0.495 e. The number of carbonyl (C=O) groups is 1. The quantitative estimate of drug-likeness (QED) is 0.829. The summed E-state index contributed by atoms with van der Waals surface area (Å²) in [5, 5.41) is 3.31. The van der Waals surface area contributed by atoms with E-state index in [4.69, 9.17) is 4.74 Å². The predicted molar refractivity (Wildman–Crippen MR) is 87.2 cm³/mol. The highest BCUT2D eigenvalue weighted by atomic mass is 32.2. The van der Waals surface area contributed by atoms with E-state index < -0.39 is 10.0 Å². The topological polar surface area (TPSA) is 87.7 Å². The summed E-state index contributed by atoms with van der Waals surface area (Å²) in [6.45, 7) is 5.30. The van der Waals surface area contributed by atoms with Crippen molar-refractivity contribution in [1.82, 2.24) is 14.9 Å². The summed E-state index contributed by atoms with van der Waals surface area (Å²) < 4.78 is 31.6. The minimum atomic E-state index is -3.71. The number of benzene rings is 1. The Bertz CT molecular complexity index is 690. The average Bonchev–Trinajstić information content (AvgIpc) is 2.56. The second-order valence-electron chi connectivity index (χ2n) is 5.56. The van der Waals surface area contributed by atoms with Gasteiger partial charge in [0.1, 0.15) is 10.6 Å². The molecule has 1 aliphatic rings. The Kier molecular flexibility index (Phi) is 5.28. The lowest BCUT2D eigenvalue weighted by Crippen LogP contribution is -2.57. The molecular weight excluding hydrogens is 318 g/mol. The molecule has 0 aliphatic carbocycles. The van der Waals surface area contributed by atoms with Crippen LogP contribution in [0.4, 0.5) is 0 Å². The maximum atomic E-state index is 12.8. The fraction of sp³-hybridized carbons (Fsp3) is 0.533. The first-order valence-corrected chi connectivity index (χ1v) is 8.96. The van der Waals surface area contributed by atoms with Crippen LogP contribution in [-0.4, -0.2) is 58.6 Å². The van der Waals surface area contributed by atoms with Crippen LogP contribution in [0.3, 0.4) is 0 Å². The van der Waals surface area contributed by atoms with E-state index in [1.165, 1.54) is 26.3 Å². The molecule has 2 unspecified atom stereocenters. The fourth-order valence-corrected chi connectivity index (χ4v) is 3.56. The highest BCUT2D eigenvalue weighted by molar-refractivity contribution is 7.89. The largest absolute Gasteiger partial charge is 0.495 e. The van der Waals surface area contributed by atoms with Crippen molar-refractivity contribution >= 4 is 15.9 Å². The van der Waals surface area contributed by atoms with E-state index in [1.807, 2.05) is 13.8 Å². The molecule has 1 fully saturated rings. The van der Waals surface area contributed by atoms with Crippen LogP contribution < -0.4 is 14.8 Å². The summed E-state index contributed by atoms with van der Waals surface area (Å²) in [5.41, 5.74) is 0.334. The average molecular weight is 341 g/mol. The lowest BCUT2D eigenvalue weighted by molar-refractivity contribution is 0.0602. The van der Waals surface area contributed by atoms with E-state index in [-0.39, 0.29) is 28.6 Å². The molecule has 0 aromatic heterocycles. The van der Waals surface area contributed by atoms with Crippen LogP contribution in [0.25, 0.3) is 0 Å². The molecule has 0 radical (unpaired) electrons. The standard InChI is InChI=1S/C15H23N3O4S/c1-10-11(2)18(8-7-17-10)15(19)12-5-6-13(22-4)14(9-12)23(20,21)16-3/h5-6,9-11,16-17H,7-8H2,1-4H3. The Hall–Kier alpha value is -1.64. The number of sulfonamides is 1. The number of piperazine rings is 1. The van der Waals surface area contributed by atoms with E-state index in [0.29, 0.717) is 12.1 Å². The zero-order valence-corrected chi connectivity index (χ0v) is 14.6. The van der Waals surface area contributed by atoms with Gasteiger partial charge in [0.15, 0.2) is 0 Å². The van der Waals surface area contributed by atoms with Gasteiger partial charge in [-0.25, -0.2) is 13.1 Å². The van der Waals surface area contributed by atoms with Crippen LogP contribution >= 0.6 is 0 Å². The fourth-order valence-electron chi connectivity index (χ4n) is 2.64. The maximum absolute atomic E-state index is 12.8. The van der Waals surface area contributed by atoms with E-state index in [2.05, 4.69) is 10.0 Å². The van der Waals surface area contributed by atoms with Gasteiger partial charge in [0, 0.05) is 30.7 Å². The Labute approximate surface area is 137 Å². The molecule has 7 nitrogen and oxygen atoms in total. The minimum absolute atomic E-state index is 0.0303. The van der Waals surface area contributed by atoms with Crippen molar-refractivity contribution in [1.29, 1.82) is 0 Å². The molecule has 1 aliphatic heterocycles. The summed E-state index contributed by atoms with van der Waals surface area (Å²) in [6, 6.07) is 4.68. The molecule has 0 spiro atoms. The lowest BCUT2D eigenvalue weighted by Gasteiger charge is -2.38. The van der Waals surface area contributed by atoms with Gasteiger partial charge in [-0.1, -0.05) is 0 Å². The number of ether oxygens (including phenoxy) is 1.